The first-order valence-corrected chi connectivity index (χ1v) is 12.4. The van der Waals surface area contributed by atoms with Gasteiger partial charge in [-0.25, -0.2) is 8.42 Å². The Kier molecular flexibility index (Phi) is 8.25. The van der Waals surface area contributed by atoms with Crippen LogP contribution in [0.3, 0.4) is 0 Å². The predicted molar refractivity (Wildman–Crippen MR) is 129 cm³/mol. The van der Waals surface area contributed by atoms with Crippen molar-refractivity contribution < 1.29 is 17.9 Å². The zero-order valence-corrected chi connectivity index (χ0v) is 19.9. The first-order valence-electron chi connectivity index (χ1n) is 10.9. The van der Waals surface area contributed by atoms with E-state index in [1.807, 2.05) is 74.5 Å². The van der Waals surface area contributed by atoms with Gasteiger partial charge < -0.3 is 10.1 Å². The normalized spacial score (nSPS) is 12.5. The summed E-state index contributed by atoms with van der Waals surface area (Å²) in [6.45, 7) is 6.25. The topological polar surface area (TPSA) is 84.5 Å². The Morgan fingerprint density at radius 3 is 1.82 bits per heavy atom. The number of amides is 1. The van der Waals surface area contributed by atoms with Crippen molar-refractivity contribution in [3.63, 3.8) is 0 Å². The number of benzene rings is 3. The summed E-state index contributed by atoms with van der Waals surface area (Å²) in [4.78, 5) is 12.2. The molecule has 0 saturated carbocycles. The van der Waals surface area contributed by atoms with Gasteiger partial charge in [0.25, 0.3) is 5.91 Å². The summed E-state index contributed by atoms with van der Waals surface area (Å²) >= 11 is 0. The number of sulfonamides is 1. The monoisotopic (exact) mass is 466 g/mol. The summed E-state index contributed by atoms with van der Waals surface area (Å²) < 4.78 is 34.8. The fourth-order valence-corrected chi connectivity index (χ4v) is 4.46. The van der Waals surface area contributed by atoms with E-state index in [1.165, 1.54) is 12.1 Å². The SMILES string of the molecule is CC(C)CNC(=O)[C@@H](C)Oc1ccc(S(=O)(=O)NC(c2ccccc2)c2ccccc2)cc1. The van der Waals surface area contributed by atoms with E-state index in [9.17, 15) is 13.2 Å². The second-order valence-corrected chi connectivity index (χ2v) is 9.96. The number of nitrogens with one attached hydrogen (secondary N) is 2. The van der Waals surface area contributed by atoms with Crippen LogP contribution in [0.15, 0.2) is 89.8 Å². The molecule has 33 heavy (non-hydrogen) atoms. The number of rotatable bonds is 10. The maximum atomic E-state index is 13.2. The molecule has 0 radical (unpaired) electrons. The Hall–Kier alpha value is -3.16. The third-order valence-corrected chi connectivity index (χ3v) is 6.48. The van der Waals surface area contributed by atoms with Crippen LogP contribution in [-0.2, 0) is 14.8 Å². The van der Waals surface area contributed by atoms with Crippen LogP contribution in [0, 0.1) is 5.92 Å². The molecule has 0 aliphatic rings. The minimum atomic E-state index is -3.82. The van der Waals surface area contributed by atoms with E-state index in [0.29, 0.717) is 18.2 Å². The lowest BCUT2D eigenvalue weighted by Crippen LogP contribution is -2.38. The van der Waals surface area contributed by atoms with Gasteiger partial charge in [0.2, 0.25) is 10.0 Å². The van der Waals surface area contributed by atoms with Crippen molar-refractivity contribution in [2.24, 2.45) is 5.92 Å². The molecule has 0 saturated heterocycles. The number of carbonyl (C=O) groups is 1. The third-order valence-electron chi connectivity index (χ3n) is 5.04. The maximum absolute atomic E-state index is 13.2. The summed E-state index contributed by atoms with van der Waals surface area (Å²) in [5, 5.41) is 2.82. The van der Waals surface area contributed by atoms with E-state index in [4.69, 9.17) is 4.74 Å². The molecule has 174 valence electrons. The smallest absolute Gasteiger partial charge is 0.260 e. The highest BCUT2D eigenvalue weighted by molar-refractivity contribution is 7.89. The van der Waals surface area contributed by atoms with E-state index >= 15 is 0 Å². The standard InChI is InChI=1S/C26H30N2O4S/c1-19(2)18-27-26(29)20(3)32-23-14-16-24(17-15-23)33(30,31)28-25(21-10-6-4-7-11-21)22-12-8-5-9-13-22/h4-17,19-20,25,28H,18H2,1-3H3,(H,27,29)/t20-/m1/s1. The molecule has 2 N–H and O–H groups in total. The summed E-state index contributed by atoms with van der Waals surface area (Å²) in [5.41, 5.74) is 1.68. The fourth-order valence-electron chi connectivity index (χ4n) is 3.25. The van der Waals surface area contributed by atoms with Crippen LogP contribution in [0.1, 0.15) is 37.9 Å². The second-order valence-electron chi connectivity index (χ2n) is 8.25. The molecule has 0 unspecified atom stereocenters. The summed E-state index contributed by atoms with van der Waals surface area (Å²) in [6, 6.07) is 24.4. The largest absolute Gasteiger partial charge is 0.481 e. The van der Waals surface area contributed by atoms with Crippen molar-refractivity contribution in [2.45, 2.75) is 37.8 Å². The molecule has 0 aliphatic heterocycles. The van der Waals surface area contributed by atoms with Crippen molar-refractivity contribution in [3.8, 4) is 5.75 Å². The average Bonchev–Trinajstić information content (AvgIpc) is 2.82. The predicted octanol–water partition coefficient (Wildman–Crippen LogP) is 4.29. The van der Waals surface area contributed by atoms with E-state index in [2.05, 4.69) is 10.0 Å². The van der Waals surface area contributed by atoms with Crippen LogP contribution in [0.4, 0.5) is 0 Å². The Balaban J connectivity index is 1.74. The Morgan fingerprint density at radius 2 is 1.33 bits per heavy atom. The molecule has 6 nitrogen and oxygen atoms in total. The fraction of sp³-hybridized carbons (Fsp3) is 0.269. The molecule has 0 fully saturated rings. The Labute approximate surface area is 196 Å². The minimum absolute atomic E-state index is 0.114. The Bertz CT molecular complexity index is 1090. The van der Waals surface area contributed by atoms with E-state index in [0.717, 1.165) is 11.1 Å². The van der Waals surface area contributed by atoms with Crippen molar-refractivity contribution in [3.05, 3.63) is 96.1 Å². The highest BCUT2D eigenvalue weighted by Crippen LogP contribution is 2.25. The molecule has 0 heterocycles. The van der Waals surface area contributed by atoms with Gasteiger partial charge in [0.05, 0.1) is 10.9 Å². The van der Waals surface area contributed by atoms with Crippen molar-refractivity contribution in [1.82, 2.24) is 10.0 Å². The highest BCUT2D eigenvalue weighted by Gasteiger charge is 2.23. The van der Waals surface area contributed by atoms with E-state index < -0.39 is 22.2 Å². The van der Waals surface area contributed by atoms with Gasteiger partial charge in [-0.2, -0.15) is 4.72 Å². The first-order chi connectivity index (χ1) is 15.8. The zero-order chi connectivity index (χ0) is 23.8. The van der Waals surface area contributed by atoms with Gasteiger partial charge >= 0.3 is 0 Å². The van der Waals surface area contributed by atoms with Crippen molar-refractivity contribution >= 4 is 15.9 Å². The van der Waals surface area contributed by atoms with Crippen LogP contribution in [0.2, 0.25) is 0 Å². The molecule has 3 aromatic carbocycles. The minimum Gasteiger partial charge on any atom is -0.481 e. The van der Waals surface area contributed by atoms with Crippen molar-refractivity contribution in [1.29, 1.82) is 0 Å². The molecule has 7 heteroatoms. The molecular formula is C26H30N2O4S. The quantitative estimate of drug-likeness (QED) is 0.467. The molecule has 0 bridgehead atoms. The molecule has 1 amide bonds. The molecule has 3 rings (SSSR count). The number of hydrogen-bond acceptors (Lipinski definition) is 4. The van der Waals surface area contributed by atoms with Crippen LogP contribution in [0.25, 0.3) is 0 Å². The number of ether oxygens (including phenoxy) is 1. The van der Waals surface area contributed by atoms with Crippen molar-refractivity contribution in [2.75, 3.05) is 6.54 Å². The van der Waals surface area contributed by atoms with Gasteiger partial charge in [-0.15, -0.1) is 0 Å². The van der Waals surface area contributed by atoms with Gasteiger partial charge in [0.1, 0.15) is 5.75 Å². The second kappa shape index (κ2) is 11.1. The van der Waals surface area contributed by atoms with E-state index in [-0.39, 0.29) is 10.8 Å². The van der Waals surface area contributed by atoms with Crippen LogP contribution in [0.5, 0.6) is 5.75 Å². The molecule has 3 aromatic rings. The van der Waals surface area contributed by atoms with Gasteiger partial charge in [-0.05, 0) is 48.2 Å². The lowest BCUT2D eigenvalue weighted by Gasteiger charge is -2.20. The van der Waals surface area contributed by atoms with Crippen LogP contribution >= 0.6 is 0 Å². The van der Waals surface area contributed by atoms with Crippen LogP contribution in [-0.4, -0.2) is 27.0 Å². The lowest BCUT2D eigenvalue weighted by atomic mass is 10.00. The third kappa shape index (κ3) is 6.91. The van der Waals surface area contributed by atoms with Gasteiger partial charge in [-0.1, -0.05) is 74.5 Å². The van der Waals surface area contributed by atoms with Gasteiger partial charge in [-0.3, -0.25) is 4.79 Å². The van der Waals surface area contributed by atoms with Crippen LogP contribution < -0.4 is 14.8 Å². The molecule has 1 atom stereocenters. The molecule has 0 aromatic heterocycles. The lowest BCUT2D eigenvalue weighted by molar-refractivity contribution is -0.127. The number of hydrogen-bond donors (Lipinski definition) is 2. The first kappa shape index (κ1) is 24.5. The highest BCUT2D eigenvalue weighted by atomic mass is 32.2. The molecule has 0 aliphatic carbocycles. The summed E-state index contributed by atoms with van der Waals surface area (Å²) in [6.07, 6.45) is -0.690. The zero-order valence-electron chi connectivity index (χ0n) is 19.1. The summed E-state index contributed by atoms with van der Waals surface area (Å²) in [7, 11) is -3.82. The maximum Gasteiger partial charge on any atom is 0.260 e. The van der Waals surface area contributed by atoms with E-state index in [1.54, 1.807) is 19.1 Å². The van der Waals surface area contributed by atoms with Gasteiger partial charge in [0, 0.05) is 6.54 Å². The average molecular weight is 467 g/mol. The number of carbonyl (C=O) groups excluding carboxylic acids is 1. The Morgan fingerprint density at radius 1 is 0.818 bits per heavy atom. The molecular weight excluding hydrogens is 436 g/mol. The molecule has 0 spiro atoms. The summed E-state index contributed by atoms with van der Waals surface area (Å²) in [5.74, 6) is 0.549. The van der Waals surface area contributed by atoms with Gasteiger partial charge in [0.15, 0.2) is 6.10 Å².